The van der Waals surface area contributed by atoms with Gasteiger partial charge in [0, 0.05) is 5.92 Å². The van der Waals surface area contributed by atoms with Gasteiger partial charge < -0.3 is 10.5 Å². The average molecular weight is 261 g/mol. The maximum Gasteiger partial charge on any atom is 0.125 e. The van der Waals surface area contributed by atoms with Gasteiger partial charge in [0.2, 0.25) is 0 Å². The van der Waals surface area contributed by atoms with Crippen LogP contribution in [0.2, 0.25) is 0 Å². The van der Waals surface area contributed by atoms with Gasteiger partial charge in [-0.1, -0.05) is 25.5 Å². The first kappa shape index (κ1) is 14.4. The van der Waals surface area contributed by atoms with E-state index in [9.17, 15) is 0 Å². The van der Waals surface area contributed by atoms with Crippen LogP contribution in [0.5, 0.6) is 5.75 Å². The van der Waals surface area contributed by atoms with Crippen LogP contribution in [0.3, 0.4) is 0 Å². The summed E-state index contributed by atoms with van der Waals surface area (Å²) in [5.41, 5.74) is 9.72. The van der Waals surface area contributed by atoms with Crippen molar-refractivity contribution >= 4 is 0 Å². The summed E-state index contributed by atoms with van der Waals surface area (Å²) in [6, 6.07) is 4.32. The fourth-order valence-electron chi connectivity index (χ4n) is 3.06. The third-order valence-corrected chi connectivity index (χ3v) is 4.64. The van der Waals surface area contributed by atoms with Crippen molar-refractivity contribution in [2.45, 2.75) is 53.1 Å². The van der Waals surface area contributed by atoms with Crippen LogP contribution in [-0.2, 0) is 0 Å². The second-order valence-corrected chi connectivity index (χ2v) is 6.22. The van der Waals surface area contributed by atoms with Gasteiger partial charge in [-0.05, 0) is 62.8 Å². The van der Waals surface area contributed by atoms with E-state index >= 15 is 0 Å². The molecule has 0 amide bonds. The number of rotatable bonds is 3. The van der Waals surface area contributed by atoms with E-state index in [1.54, 1.807) is 0 Å². The van der Waals surface area contributed by atoms with Gasteiger partial charge in [-0.2, -0.15) is 0 Å². The van der Waals surface area contributed by atoms with Gasteiger partial charge in [0.25, 0.3) is 0 Å². The molecule has 1 aliphatic rings. The zero-order valence-corrected chi connectivity index (χ0v) is 12.7. The molecule has 2 heteroatoms. The first-order chi connectivity index (χ1) is 9.02. The van der Waals surface area contributed by atoms with E-state index in [1.165, 1.54) is 29.5 Å². The summed E-state index contributed by atoms with van der Waals surface area (Å²) in [6.45, 7) is 9.48. The van der Waals surface area contributed by atoms with Crippen molar-refractivity contribution in [2.24, 2.45) is 17.6 Å². The Morgan fingerprint density at radius 2 is 1.84 bits per heavy atom. The van der Waals surface area contributed by atoms with Crippen LogP contribution in [0.1, 0.15) is 42.9 Å². The van der Waals surface area contributed by atoms with Gasteiger partial charge in [-0.25, -0.2) is 0 Å². The van der Waals surface area contributed by atoms with Crippen molar-refractivity contribution < 1.29 is 4.74 Å². The highest BCUT2D eigenvalue weighted by Crippen LogP contribution is 2.34. The van der Waals surface area contributed by atoms with E-state index in [-0.39, 0.29) is 6.10 Å². The maximum absolute atomic E-state index is 6.39. The molecule has 0 heterocycles. The molecule has 2 nitrogen and oxygen atoms in total. The minimum atomic E-state index is 0.285. The molecule has 1 fully saturated rings. The highest BCUT2D eigenvalue weighted by molar-refractivity contribution is 5.44. The predicted octanol–water partition coefficient (Wildman–Crippen LogP) is 3.75. The molecule has 3 unspecified atom stereocenters. The quantitative estimate of drug-likeness (QED) is 0.899. The monoisotopic (exact) mass is 261 g/mol. The Kier molecular flexibility index (Phi) is 4.51. The summed E-state index contributed by atoms with van der Waals surface area (Å²) < 4.78 is 6.39. The number of nitrogens with two attached hydrogens (primary N) is 1. The summed E-state index contributed by atoms with van der Waals surface area (Å²) in [6.07, 6.45) is 3.90. The van der Waals surface area contributed by atoms with E-state index in [2.05, 4.69) is 39.8 Å². The molecule has 0 bridgehead atoms. The van der Waals surface area contributed by atoms with E-state index in [0.717, 1.165) is 24.6 Å². The number of aryl methyl sites for hydroxylation is 2. The normalized spacial score (nSPS) is 27.3. The molecule has 0 aliphatic heterocycles. The molecule has 3 atom stereocenters. The number of ether oxygens (including phenoxy) is 1. The van der Waals surface area contributed by atoms with Crippen molar-refractivity contribution in [1.29, 1.82) is 0 Å². The Hall–Kier alpha value is -1.02. The molecule has 1 saturated carbocycles. The van der Waals surface area contributed by atoms with Gasteiger partial charge in [0.15, 0.2) is 0 Å². The molecule has 2 rings (SSSR count). The Morgan fingerprint density at radius 1 is 1.16 bits per heavy atom. The SMILES string of the molecule is Cc1ccc(C)c(OC2CC(C)CCC2CN)c1C. The third kappa shape index (κ3) is 3.11. The Bertz CT molecular complexity index is 441. The van der Waals surface area contributed by atoms with E-state index in [0.29, 0.717) is 5.92 Å². The fourth-order valence-corrected chi connectivity index (χ4v) is 3.06. The Balaban J connectivity index is 2.21. The second kappa shape index (κ2) is 5.96. The molecule has 2 N–H and O–H groups in total. The van der Waals surface area contributed by atoms with Crippen molar-refractivity contribution in [2.75, 3.05) is 6.54 Å². The van der Waals surface area contributed by atoms with Crippen LogP contribution in [-0.4, -0.2) is 12.6 Å². The number of hydrogen-bond acceptors (Lipinski definition) is 2. The number of benzene rings is 1. The van der Waals surface area contributed by atoms with Crippen LogP contribution in [0.25, 0.3) is 0 Å². The summed E-state index contributed by atoms with van der Waals surface area (Å²) in [5, 5.41) is 0. The van der Waals surface area contributed by atoms with Crippen molar-refractivity contribution in [1.82, 2.24) is 0 Å². The summed E-state index contributed by atoms with van der Waals surface area (Å²) in [4.78, 5) is 0. The van der Waals surface area contributed by atoms with Crippen LogP contribution >= 0.6 is 0 Å². The molecule has 0 radical (unpaired) electrons. The first-order valence-corrected chi connectivity index (χ1v) is 7.46. The van der Waals surface area contributed by atoms with E-state index in [1.807, 2.05) is 0 Å². The lowest BCUT2D eigenvalue weighted by Crippen LogP contribution is -2.38. The molecule has 106 valence electrons. The first-order valence-electron chi connectivity index (χ1n) is 7.46. The molecule has 1 aliphatic carbocycles. The van der Waals surface area contributed by atoms with Gasteiger partial charge >= 0.3 is 0 Å². The molecule has 1 aromatic carbocycles. The zero-order chi connectivity index (χ0) is 14.0. The predicted molar refractivity (Wildman–Crippen MR) is 80.6 cm³/mol. The van der Waals surface area contributed by atoms with E-state index in [4.69, 9.17) is 10.5 Å². The smallest absolute Gasteiger partial charge is 0.125 e. The van der Waals surface area contributed by atoms with Gasteiger partial charge in [0.1, 0.15) is 11.9 Å². The molecule has 0 spiro atoms. The number of hydrogen-bond donors (Lipinski definition) is 1. The lowest BCUT2D eigenvalue weighted by molar-refractivity contribution is 0.0729. The molecule has 0 aromatic heterocycles. The highest BCUT2D eigenvalue weighted by atomic mass is 16.5. The highest BCUT2D eigenvalue weighted by Gasteiger charge is 2.30. The van der Waals surface area contributed by atoms with Crippen molar-refractivity contribution in [3.05, 3.63) is 28.8 Å². The standard InChI is InChI=1S/C17H27NO/c1-11-5-8-15(10-18)16(9-11)19-17-13(3)7-6-12(2)14(17)4/h6-7,11,15-16H,5,8-10,18H2,1-4H3. The third-order valence-electron chi connectivity index (χ3n) is 4.64. The topological polar surface area (TPSA) is 35.2 Å². The second-order valence-electron chi connectivity index (χ2n) is 6.22. The van der Waals surface area contributed by atoms with Crippen LogP contribution in [0.15, 0.2) is 12.1 Å². The van der Waals surface area contributed by atoms with Crippen molar-refractivity contribution in [3.63, 3.8) is 0 Å². The van der Waals surface area contributed by atoms with Crippen LogP contribution in [0, 0.1) is 32.6 Å². The van der Waals surface area contributed by atoms with Gasteiger partial charge in [0.05, 0.1) is 0 Å². The lowest BCUT2D eigenvalue weighted by atomic mass is 9.80. The minimum Gasteiger partial charge on any atom is -0.490 e. The molecular weight excluding hydrogens is 234 g/mol. The Labute approximate surface area is 117 Å². The molecular formula is C17H27NO. The summed E-state index contributed by atoms with van der Waals surface area (Å²) in [7, 11) is 0. The Morgan fingerprint density at radius 3 is 2.53 bits per heavy atom. The van der Waals surface area contributed by atoms with Gasteiger partial charge in [-0.15, -0.1) is 0 Å². The van der Waals surface area contributed by atoms with Crippen molar-refractivity contribution in [3.8, 4) is 5.75 Å². The minimum absolute atomic E-state index is 0.285. The fraction of sp³-hybridized carbons (Fsp3) is 0.647. The van der Waals surface area contributed by atoms with E-state index < -0.39 is 0 Å². The summed E-state index contributed by atoms with van der Waals surface area (Å²) in [5.74, 6) is 2.34. The maximum atomic E-state index is 6.39. The zero-order valence-electron chi connectivity index (χ0n) is 12.7. The largest absolute Gasteiger partial charge is 0.490 e. The molecule has 0 saturated heterocycles. The van der Waals surface area contributed by atoms with Crippen LogP contribution in [0.4, 0.5) is 0 Å². The van der Waals surface area contributed by atoms with Gasteiger partial charge in [-0.3, -0.25) is 0 Å². The lowest BCUT2D eigenvalue weighted by Gasteiger charge is -2.35. The molecule has 1 aromatic rings. The average Bonchev–Trinajstić information content (AvgIpc) is 2.39. The molecule has 19 heavy (non-hydrogen) atoms. The van der Waals surface area contributed by atoms with Crippen LogP contribution < -0.4 is 10.5 Å². The summed E-state index contributed by atoms with van der Waals surface area (Å²) >= 11 is 0.